The highest BCUT2D eigenvalue weighted by Gasteiger charge is 2.45. The summed E-state index contributed by atoms with van der Waals surface area (Å²) in [5, 5.41) is 49.6. The molecule has 0 radical (unpaired) electrons. The van der Waals surface area contributed by atoms with E-state index in [0.717, 1.165) is 0 Å². The minimum absolute atomic E-state index is 0.0339. The Morgan fingerprint density at radius 1 is 1.06 bits per heavy atom. The van der Waals surface area contributed by atoms with Crippen LogP contribution in [0.3, 0.4) is 0 Å². The van der Waals surface area contributed by atoms with Gasteiger partial charge in [0.2, 0.25) is 6.29 Å². The van der Waals surface area contributed by atoms with E-state index in [1.54, 1.807) is 18.2 Å². The van der Waals surface area contributed by atoms with Crippen LogP contribution in [0.5, 0.6) is 23.0 Å². The minimum Gasteiger partial charge on any atom is -0.508 e. The van der Waals surface area contributed by atoms with Gasteiger partial charge < -0.3 is 44.5 Å². The molecule has 0 spiro atoms. The van der Waals surface area contributed by atoms with Crippen LogP contribution in [0.4, 0.5) is 0 Å². The first-order valence-corrected chi connectivity index (χ1v) is 10.0. The molecule has 1 fully saturated rings. The average Bonchev–Trinajstić information content (AvgIpc) is 2.79. The van der Waals surface area contributed by atoms with Crippen molar-refractivity contribution in [2.75, 3.05) is 13.7 Å². The molecule has 10 heteroatoms. The van der Waals surface area contributed by atoms with Crippen molar-refractivity contribution in [1.29, 1.82) is 0 Å². The van der Waals surface area contributed by atoms with E-state index in [9.17, 15) is 30.3 Å². The number of phenols is 1. The van der Waals surface area contributed by atoms with Crippen LogP contribution in [0.1, 0.15) is 28.4 Å². The number of methoxy groups -OCH3 is 1. The normalized spacial score (nSPS) is 29.7. The van der Waals surface area contributed by atoms with Crippen molar-refractivity contribution in [3.05, 3.63) is 47.5 Å². The van der Waals surface area contributed by atoms with Crippen molar-refractivity contribution >= 4 is 5.78 Å². The monoisotopic (exact) mass is 448 g/mol. The van der Waals surface area contributed by atoms with Gasteiger partial charge in [0.25, 0.3) is 0 Å². The number of hydrogen-bond acceptors (Lipinski definition) is 10. The molecule has 5 N–H and O–H groups in total. The maximum atomic E-state index is 12.7. The Kier molecular flexibility index (Phi) is 6.22. The number of Topliss-reactive ketones (excluding diaryl/α,β-unsaturated/α-hetero) is 1. The standard InChI is InChI=1S/C22H24O10/c1-29-11-3-4-12-14(25)8-17(30-16(12)7-11)13-6-10(24)2-5-15(13)31-22-21(28)20(27)19(26)18(9-23)32-22/h2-7,17-24,26-28H,8-9H2,1H3/t17-,18+,19+,20-,21+,22+/m0/s1. The van der Waals surface area contributed by atoms with E-state index in [1.807, 2.05) is 0 Å². The van der Waals surface area contributed by atoms with Gasteiger partial charge >= 0.3 is 0 Å². The van der Waals surface area contributed by atoms with E-state index < -0.39 is 43.4 Å². The highest BCUT2D eigenvalue weighted by atomic mass is 16.7. The number of carbonyl (C=O) groups is 1. The number of benzene rings is 2. The van der Waals surface area contributed by atoms with Crippen molar-refractivity contribution in [2.24, 2.45) is 0 Å². The summed E-state index contributed by atoms with van der Waals surface area (Å²) < 4.78 is 22.3. The van der Waals surface area contributed by atoms with E-state index in [-0.39, 0.29) is 23.7 Å². The fraction of sp³-hybridized carbons (Fsp3) is 0.409. The lowest BCUT2D eigenvalue weighted by molar-refractivity contribution is -0.277. The Hall–Kier alpha value is -2.89. The first-order chi connectivity index (χ1) is 15.3. The van der Waals surface area contributed by atoms with Gasteiger partial charge in [-0.3, -0.25) is 4.79 Å². The summed E-state index contributed by atoms with van der Waals surface area (Å²) in [4.78, 5) is 12.7. The summed E-state index contributed by atoms with van der Waals surface area (Å²) in [6.07, 6.45) is -8.19. The van der Waals surface area contributed by atoms with Crippen LogP contribution in [0.2, 0.25) is 0 Å². The van der Waals surface area contributed by atoms with Crippen LogP contribution in [-0.2, 0) is 4.74 Å². The molecule has 2 aromatic carbocycles. The van der Waals surface area contributed by atoms with Gasteiger partial charge in [-0.1, -0.05) is 0 Å². The molecule has 0 aliphatic carbocycles. The van der Waals surface area contributed by atoms with Crippen molar-refractivity contribution < 1.29 is 49.3 Å². The van der Waals surface area contributed by atoms with Crippen LogP contribution >= 0.6 is 0 Å². The molecule has 0 aromatic heterocycles. The van der Waals surface area contributed by atoms with Gasteiger partial charge in [0, 0.05) is 11.6 Å². The number of aliphatic hydroxyl groups is 4. The van der Waals surface area contributed by atoms with Gasteiger partial charge in [-0.2, -0.15) is 0 Å². The van der Waals surface area contributed by atoms with Crippen molar-refractivity contribution in [3.8, 4) is 23.0 Å². The summed E-state index contributed by atoms with van der Waals surface area (Å²) in [6, 6.07) is 8.96. The van der Waals surface area contributed by atoms with E-state index in [4.69, 9.17) is 18.9 Å². The molecule has 6 atom stereocenters. The summed E-state index contributed by atoms with van der Waals surface area (Å²) >= 11 is 0. The van der Waals surface area contributed by atoms with Crippen LogP contribution in [0, 0.1) is 0 Å². The highest BCUT2D eigenvalue weighted by molar-refractivity contribution is 6.00. The van der Waals surface area contributed by atoms with Crippen LogP contribution in [0.25, 0.3) is 0 Å². The first-order valence-electron chi connectivity index (χ1n) is 10.0. The number of phenolic OH excluding ortho intramolecular Hbond substituents is 1. The third-order valence-electron chi connectivity index (χ3n) is 5.56. The van der Waals surface area contributed by atoms with Gasteiger partial charge in [-0.15, -0.1) is 0 Å². The smallest absolute Gasteiger partial charge is 0.229 e. The zero-order chi connectivity index (χ0) is 23.0. The SMILES string of the molecule is COc1ccc2c(c1)O[C@H](c1cc(O)ccc1O[C@@H]1O[C@H](CO)[C@@H](O)[C@H](O)[C@H]1O)CC2=O. The Labute approximate surface area is 183 Å². The Morgan fingerprint density at radius 2 is 1.84 bits per heavy atom. The summed E-state index contributed by atoms with van der Waals surface area (Å²) in [5.74, 6) is 0.657. The lowest BCUT2D eigenvalue weighted by Crippen LogP contribution is -2.60. The molecule has 4 rings (SSSR count). The number of aliphatic hydroxyl groups excluding tert-OH is 4. The van der Waals surface area contributed by atoms with Gasteiger partial charge in [0.15, 0.2) is 5.78 Å². The molecule has 0 bridgehead atoms. The fourth-order valence-electron chi connectivity index (χ4n) is 3.79. The molecular formula is C22H24O10. The molecular weight excluding hydrogens is 424 g/mol. The molecule has 0 amide bonds. The minimum atomic E-state index is -1.62. The van der Waals surface area contributed by atoms with Crippen LogP contribution in [-0.4, -0.2) is 75.7 Å². The van der Waals surface area contributed by atoms with Crippen LogP contribution < -0.4 is 14.2 Å². The van der Waals surface area contributed by atoms with Gasteiger partial charge in [-0.25, -0.2) is 0 Å². The molecule has 32 heavy (non-hydrogen) atoms. The Morgan fingerprint density at radius 3 is 2.56 bits per heavy atom. The van der Waals surface area contributed by atoms with Gasteiger partial charge in [0.05, 0.1) is 25.7 Å². The molecule has 2 aromatic rings. The van der Waals surface area contributed by atoms with Crippen LogP contribution in [0.15, 0.2) is 36.4 Å². The number of rotatable bonds is 5. The van der Waals surface area contributed by atoms with Gasteiger partial charge in [-0.05, 0) is 30.3 Å². The molecule has 1 saturated heterocycles. The van der Waals surface area contributed by atoms with E-state index >= 15 is 0 Å². The third-order valence-corrected chi connectivity index (χ3v) is 5.56. The number of carbonyl (C=O) groups excluding carboxylic acids is 1. The second kappa shape index (κ2) is 8.93. The van der Waals surface area contributed by atoms with Gasteiger partial charge in [0.1, 0.15) is 53.5 Å². The third kappa shape index (κ3) is 4.10. The van der Waals surface area contributed by atoms with E-state index in [0.29, 0.717) is 22.6 Å². The number of ether oxygens (including phenoxy) is 4. The maximum absolute atomic E-state index is 12.7. The van der Waals surface area contributed by atoms with Crippen molar-refractivity contribution in [2.45, 2.75) is 43.2 Å². The number of aromatic hydroxyl groups is 1. The topological polar surface area (TPSA) is 155 Å². The lowest BCUT2D eigenvalue weighted by Gasteiger charge is -2.40. The molecule has 0 saturated carbocycles. The molecule has 2 aliphatic heterocycles. The Balaban J connectivity index is 1.64. The number of ketones is 1. The van der Waals surface area contributed by atoms with E-state index in [2.05, 4.69) is 0 Å². The zero-order valence-electron chi connectivity index (χ0n) is 17.1. The van der Waals surface area contributed by atoms with Crippen molar-refractivity contribution in [3.63, 3.8) is 0 Å². The first kappa shape index (κ1) is 22.3. The number of hydrogen-bond donors (Lipinski definition) is 5. The molecule has 172 valence electrons. The summed E-state index contributed by atoms with van der Waals surface area (Å²) in [7, 11) is 1.49. The second-order valence-electron chi connectivity index (χ2n) is 7.63. The predicted octanol–water partition coefficient (Wildman–Crippen LogP) is 0.286. The van der Waals surface area contributed by atoms with E-state index in [1.165, 1.54) is 25.3 Å². The largest absolute Gasteiger partial charge is 0.508 e. The summed E-state index contributed by atoms with van der Waals surface area (Å²) in [5.41, 5.74) is 0.711. The Bertz CT molecular complexity index is 991. The molecule has 0 unspecified atom stereocenters. The maximum Gasteiger partial charge on any atom is 0.229 e. The fourth-order valence-corrected chi connectivity index (χ4v) is 3.79. The second-order valence-corrected chi connectivity index (χ2v) is 7.63. The molecule has 2 aliphatic rings. The summed E-state index contributed by atoms with van der Waals surface area (Å²) in [6.45, 7) is -0.605. The zero-order valence-corrected chi connectivity index (χ0v) is 17.1. The van der Waals surface area contributed by atoms with Crippen molar-refractivity contribution in [1.82, 2.24) is 0 Å². The lowest BCUT2D eigenvalue weighted by atomic mass is 9.95. The quantitative estimate of drug-likeness (QED) is 0.431. The molecule has 10 nitrogen and oxygen atoms in total. The average molecular weight is 448 g/mol. The predicted molar refractivity (Wildman–Crippen MR) is 108 cm³/mol. The number of fused-ring (bicyclic) bond motifs is 1. The molecule has 2 heterocycles. The highest BCUT2D eigenvalue weighted by Crippen LogP contribution is 2.41.